The number of rotatable bonds is 4. The number of aromatic hydroxyl groups is 3. The van der Waals surface area contributed by atoms with Crippen molar-refractivity contribution in [3.05, 3.63) is 44.5 Å². The van der Waals surface area contributed by atoms with Crippen molar-refractivity contribution in [1.82, 2.24) is 0 Å². The molecule has 0 unspecified atom stereocenters. The fourth-order valence-corrected chi connectivity index (χ4v) is 3.15. The number of aldehydes is 1. The van der Waals surface area contributed by atoms with E-state index in [-0.39, 0.29) is 44.9 Å². The lowest BCUT2D eigenvalue weighted by atomic mass is 9.96. The average Bonchev–Trinajstić information content (AvgIpc) is 2.68. The molecule has 0 bridgehead atoms. The van der Waals surface area contributed by atoms with Crippen LogP contribution in [0.1, 0.15) is 58.9 Å². The molecular formula is C21H22O8. The van der Waals surface area contributed by atoms with E-state index in [1.54, 1.807) is 13.8 Å². The molecule has 0 aromatic heterocycles. The number of carbonyl (C=O) groups is 3. The fourth-order valence-electron chi connectivity index (χ4n) is 3.15. The van der Waals surface area contributed by atoms with Gasteiger partial charge in [-0.05, 0) is 51.3 Å². The minimum atomic E-state index is -0.984. The molecule has 154 valence electrons. The lowest BCUT2D eigenvalue weighted by molar-refractivity contribution is 0.0596. The first-order chi connectivity index (χ1) is 13.5. The minimum Gasteiger partial charge on any atom is -0.507 e. The van der Waals surface area contributed by atoms with Crippen LogP contribution in [-0.2, 0) is 4.74 Å². The maximum absolute atomic E-state index is 12.8. The molecule has 0 fully saturated rings. The number of esters is 2. The molecule has 0 saturated carbocycles. The summed E-state index contributed by atoms with van der Waals surface area (Å²) in [6.07, 6.45) is 0.380. The van der Waals surface area contributed by atoms with Gasteiger partial charge in [0, 0.05) is 11.1 Å². The van der Waals surface area contributed by atoms with Crippen LogP contribution in [0, 0.1) is 34.6 Å². The Hall–Kier alpha value is -3.55. The molecule has 3 N–H and O–H groups in total. The van der Waals surface area contributed by atoms with Crippen molar-refractivity contribution in [2.24, 2.45) is 0 Å². The molecule has 2 aromatic rings. The van der Waals surface area contributed by atoms with E-state index in [2.05, 4.69) is 4.74 Å². The zero-order valence-corrected chi connectivity index (χ0v) is 17.0. The Morgan fingerprint density at radius 1 is 0.724 bits per heavy atom. The van der Waals surface area contributed by atoms with Crippen LogP contribution >= 0.6 is 0 Å². The maximum Gasteiger partial charge on any atom is 0.347 e. The number of hydrogen-bond donors (Lipinski definition) is 3. The minimum absolute atomic E-state index is 0.00911. The van der Waals surface area contributed by atoms with Crippen LogP contribution in [0.5, 0.6) is 23.0 Å². The summed E-state index contributed by atoms with van der Waals surface area (Å²) >= 11 is 0. The zero-order chi connectivity index (χ0) is 22.2. The van der Waals surface area contributed by atoms with Gasteiger partial charge in [-0.2, -0.15) is 0 Å². The third-order valence-electron chi connectivity index (χ3n) is 5.10. The predicted molar refractivity (Wildman–Crippen MR) is 103 cm³/mol. The Bertz CT molecular complexity index is 1020. The maximum atomic E-state index is 12.8. The molecule has 29 heavy (non-hydrogen) atoms. The number of benzene rings is 2. The van der Waals surface area contributed by atoms with Gasteiger partial charge in [-0.25, -0.2) is 9.59 Å². The molecule has 0 atom stereocenters. The number of hydrogen-bond acceptors (Lipinski definition) is 8. The summed E-state index contributed by atoms with van der Waals surface area (Å²) in [6, 6.07) is 0. The summed E-state index contributed by atoms with van der Waals surface area (Å²) in [6.45, 7) is 7.37. The molecule has 2 aromatic carbocycles. The van der Waals surface area contributed by atoms with E-state index in [0.29, 0.717) is 17.4 Å². The molecule has 8 nitrogen and oxygen atoms in total. The van der Waals surface area contributed by atoms with Gasteiger partial charge >= 0.3 is 11.9 Å². The van der Waals surface area contributed by atoms with Crippen molar-refractivity contribution in [2.75, 3.05) is 7.11 Å². The van der Waals surface area contributed by atoms with Crippen LogP contribution in [-0.4, -0.2) is 40.7 Å². The SMILES string of the molecule is COC(=O)c1c(C)c(C)c(OC(=O)c2c(C)c(C=O)c(O)c(C)c2O)c(C)c1O. The van der Waals surface area contributed by atoms with Crippen LogP contribution < -0.4 is 4.74 Å². The van der Waals surface area contributed by atoms with Crippen molar-refractivity contribution < 1.29 is 39.2 Å². The highest BCUT2D eigenvalue weighted by Crippen LogP contribution is 2.40. The monoisotopic (exact) mass is 402 g/mol. The highest BCUT2D eigenvalue weighted by Gasteiger charge is 2.28. The first-order valence-corrected chi connectivity index (χ1v) is 8.62. The molecular weight excluding hydrogens is 380 g/mol. The van der Waals surface area contributed by atoms with Gasteiger partial charge in [-0.15, -0.1) is 0 Å². The molecule has 0 aliphatic carbocycles. The second-order valence-electron chi connectivity index (χ2n) is 6.66. The first-order valence-electron chi connectivity index (χ1n) is 8.62. The Morgan fingerprint density at radius 3 is 1.76 bits per heavy atom. The molecule has 2 rings (SSSR count). The number of phenols is 3. The normalized spacial score (nSPS) is 10.6. The summed E-state index contributed by atoms with van der Waals surface area (Å²) in [7, 11) is 1.18. The van der Waals surface area contributed by atoms with Crippen LogP contribution in [0.15, 0.2) is 0 Å². The predicted octanol–water partition coefficient (Wildman–Crippen LogP) is 3.16. The van der Waals surface area contributed by atoms with Crippen molar-refractivity contribution in [3.8, 4) is 23.0 Å². The summed E-state index contributed by atoms with van der Waals surface area (Å²) in [4.78, 5) is 36.1. The Kier molecular flexibility index (Phi) is 5.87. The van der Waals surface area contributed by atoms with Gasteiger partial charge in [0.2, 0.25) is 0 Å². The molecule has 0 amide bonds. The van der Waals surface area contributed by atoms with Gasteiger partial charge in [0.25, 0.3) is 0 Å². The molecule has 8 heteroatoms. The van der Waals surface area contributed by atoms with Crippen LogP contribution in [0.25, 0.3) is 0 Å². The van der Waals surface area contributed by atoms with E-state index in [9.17, 15) is 29.7 Å². The van der Waals surface area contributed by atoms with E-state index < -0.39 is 23.4 Å². The first kappa shape index (κ1) is 21.7. The zero-order valence-electron chi connectivity index (χ0n) is 17.0. The highest BCUT2D eigenvalue weighted by atomic mass is 16.5. The van der Waals surface area contributed by atoms with Gasteiger partial charge < -0.3 is 24.8 Å². The topological polar surface area (TPSA) is 130 Å². The standard InChI is InChI=1S/C21H22O8/c1-8-9(2)19(12(5)18(25)14(8)20(26)28-6)29-21(27)15-10(3)13(7-22)16(23)11(4)17(15)24/h7,23-25H,1-6H3. The fraction of sp³-hybridized carbons (Fsp3) is 0.286. The van der Waals surface area contributed by atoms with Crippen molar-refractivity contribution in [1.29, 1.82) is 0 Å². The lowest BCUT2D eigenvalue weighted by Crippen LogP contribution is -2.16. The summed E-state index contributed by atoms with van der Waals surface area (Å²) in [5.74, 6) is -3.04. The third-order valence-corrected chi connectivity index (χ3v) is 5.10. The smallest absolute Gasteiger partial charge is 0.347 e. The van der Waals surface area contributed by atoms with Crippen LogP contribution in [0.3, 0.4) is 0 Å². The summed E-state index contributed by atoms with van der Waals surface area (Å²) in [5, 5.41) is 30.8. The van der Waals surface area contributed by atoms with Crippen molar-refractivity contribution in [3.63, 3.8) is 0 Å². The van der Waals surface area contributed by atoms with E-state index >= 15 is 0 Å². The molecule has 0 aliphatic rings. The van der Waals surface area contributed by atoms with E-state index in [0.717, 1.165) is 0 Å². The van der Waals surface area contributed by atoms with Crippen molar-refractivity contribution >= 4 is 18.2 Å². The highest BCUT2D eigenvalue weighted by molar-refractivity contribution is 6.01. The number of phenolic OH excluding ortho intramolecular Hbond substituents is 3. The second kappa shape index (κ2) is 7.83. The van der Waals surface area contributed by atoms with E-state index in [1.807, 2.05) is 0 Å². The average molecular weight is 402 g/mol. The molecule has 0 heterocycles. The quantitative estimate of drug-likeness (QED) is 0.404. The summed E-state index contributed by atoms with van der Waals surface area (Å²) in [5.41, 5.74) is 0.453. The third kappa shape index (κ3) is 3.37. The van der Waals surface area contributed by atoms with Crippen LogP contribution in [0.4, 0.5) is 0 Å². The molecule has 0 aliphatic heterocycles. The Morgan fingerprint density at radius 2 is 1.24 bits per heavy atom. The van der Waals surface area contributed by atoms with Gasteiger partial charge in [0.15, 0.2) is 6.29 Å². The van der Waals surface area contributed by atoms with E-state index in [4.69, 9.17) is 4.74 Å². The number of carbonyl (C=O) groups excluding carboxylic acids is 3. The largest absolute Gasteiger partial charge is 0.507 e. The Balaban J connectivity index is 2.66. The Labute approximate surface area is 167 Å². The molecule has 0 spiro atoms. The molecule has 0 radical (unpaired) electrons. The summed E-state index contributed by atoms with van der Waals surface area (Å²) < 4.78 is 10.1. The van der Waals surface area contributed by atoms with Gasteiger partial charge in [-0.3, -0.25) is 4.79 Å². The van der Waals surface area contributed by atoms with Crippen molar-refractivity contribution in [2.45, 2.75) is 34.6 Å². The van der Waals surface area contributed by atoms with E-state index in [1.165, 1.54) is 27.9 Å². The molecule has 0 saturated heterocycles. The van der Waals surface area contributed by atoms with Gasteiger partial charge in [0.05, 0.1) is 12.7 Å². The van der Waals surface area contributed by atoms with Gasteiger partial charge in [-0.1, -0.05) is 0 Å². The number of methoxy groups -OCH3 is 1. The van der Waals surface area contributed by atoms with Crippen LogP contribution in [0.2, 0.25) is 0 Å². The second-order valence-corrected chi connectivity index (χ2v) is 6.66. The van der Waals surface area contributed by atoms with Gasteiger partial charge in [0.1, 0.15) is 34.1 Å². The number of ether oxygens (including phenoxy) is 2. The lowest BCUT2D eigenvalue weighted by Gasteiger charge is -2.19.